The average Bonchev–Trinajstić information content (AvgIpc) is 2.10. The van der Waals surface area contributed by atoms with Crippen molar-refractivity contribution >= 4 is 17.7 Å². The molecular formula is C9H14O5. The van der Waals surface area contributed by atoms with E-state index in [2.05, 4.69) is 0 Å². The third-order valence-electron chi connectivity index (χ3n) is 1.92. The van der Waals surface area contributed by atoms with Crippen molar-refractivity contribution in [1.29, 1.82) is 0 Å². The van der Waals surface area contributed by atoms with Gasteiger partial charge >= 0.3 is 11.9 Å². The zero-order valence-corrected chi connectivity index (χ0v) is 8.02. The summed E-state index contributed by atoms with van der Waals surface area (Å²) in [5, 5.41) is 17.0. The van der Waals surface area contributed by atoms with Gasteiger partial charge in [0.1, 0.15) is 5.92 Å². The maximum absolute atomic E-state index is 10.9. The lowest BCUT2D eigenvalue weighted by atomic mass is 9.97. The SMILES string of the molecule is CCCCC[C@H](C(=O)O)C(=O)C(=O)O. The van der Waals surface area contributed by atoms with Gasteiger partial charge in [-0.15, -0.1) is 0 Å². The van der Waals surface area contributed by atoms with Crippen LogP contribution in [-0.4, -0.2) is 27.9 Å². The smallest absolute Gasteiger partial charge is 0.373 e. The fourth-order valence-electron chi connectivity index (χ4n) is 1.11. The first-order valence-corrected chi connectivity index (χ1v) is 4.50. The monoisotopic (exact) mass is 202 g/mol. The number of carbonyl (C=O) groups is 3. The number of carboxylic acids is 2. The Balaban J connectivity index is 4.23. The minimum absolute atomic E-state index is 0.105. The van der Waals surface area contributed by atoms with Gasteiger partial charge in [0, 0.05) is 0 Å². The van der Waals surface area contributed by atoms with Gasteiger partial charge in [0.15, 0.2) is 0 Å². The van der Waals surface area contributed by atoms with Gasteiger partial charge in [-0.2, -0.15) is 0 Å². The summed E-state index contributed by atoms with van der Waals surface area (Å²) < 4.78 is 0. The third kappa shape index (κ3) is 4.02. The number of ketones is 1. The molecule has 1 atom stereocenters. The largest absolute Gasteiger partial charge is 0.481 e. The Kier molecular flexibility index (Phi) is 5.52. The number of aliphatic carboxylic acids is 2. The van der Waals surface area contributed by atoms with Gasteiger partial charge in [0.05, 0.1) is 0 Å². The first-order valence-electron chi connectivity index (χ1n) is 4.50. The lowest BCUT2D eigenvalue weighted by molar-refractivity contribution is -0.157. The molecule has 2 N–H and O–H groups in total. The molecule has 0 aromatic rings. The number of carbonyl (C=O) groups excluding carboxylic acids is 1. The van der Waals surface area contributed by atoms with Crippen LogP contribution in [0.2, 0.25) is 0 Å². The van der Waals surface area contributed by atoms with Crippen LogP contribution in [0.5, 0.6) is 0 Å². The Labute approximate surface area is 81.7 Å². The first-order chi connectivity index (χ1) is 6.50. The molecule has 14 heavy (non-hydrogen) atoms. The molecule has 0 fully saturated rings. The molecule has 0 heterocycles. The molecule has 0 aliphatic carbocycles. The van der Waals surface area contributed by atoms with Crippen LogP contribution in [-0.2, 0) is 14.4 Å². The molecule has 0 saturated carbocycles. The van der Waals surface area contributed by atoms with Crippen LogP contribution in [0, 0.1) is 5.92 Å². The summed E-state index contributed by atoms with van der Waals surface area (Å²) in [5.74, 6) is -5.64. The highest BCUT2D eigenvalue weighted by Crippen LogP contribution is 2.11. The summed E-state index contributed by atoms with van der Waals surface area (Å²) in [5.41, 5.74) is 0. The van der Waals surface area contributed by atoms with Crippen molar-refractivity contribution in [2.24, 2.45) is 5.92 Å². The van der Waals surface area contributed by atoms with Crippen LogP contribution in [0.15, 0.2) is 0 Å². The number of hydrogen-bond donors (Lipinski definition) is 2. The van der Waals surface area contributed by atoms with Crippen LogP contribution >= 0.6 is 0 Å². The number of carboxylic acid groups (broad SMARTS) is 2. The van der Waals surface area contributed by atoms with Gasteiger partial charge < -0.3 is 10.2 Å². The van der Waals surface area contributed by atoms with Gasteiger partial charge in [-0.05, 0) is 6.42 Å². The van der Waals surface area contributed by atoms with Crippen molar-refractivity contribution in [3.63, 3.8) is 0 Å². The molecule has 0 rings (SSSR count). The number of rotatable bonds is 7. The standard InChI is InChI=1S/C9H14O5/c1-2-3-4-5-6(8(11)12)7(10)9(13)14/h6H,2-5H2,1H3,(H,11,12)(H,13,14)/t6-/m0/s1. The summed E-state index contributed by atoms with van der Waals surface area (Å²) in [6.07, 6.45) is 2.37. The Hall–Kier alpha value is -1.39. The van der Waals surface area contributed by atoms with Crippen LogP contribution in [0.3, 0.4) is 0 Å². The van der Waals surface area contributed by atoms with Gasteiger partial charge in [0.25, 0.3) is 5.78 Å². The van der Waals surface area contributed by atoms with Gasteiger partial charge in [0.2, 0.25) is 0 Å². The second-order valence-corrected chi connectivity index (χ2v) is 3.06. The van der Waals surface area contributed by atoms with E-state index in [1.54, 1.807) is 0 Å². The van der Waals surface area contributed by atoms with E-state index in [-0.39, 0.29) is 6.42 Å². The van der Waals surface area contributed by atoms with Gasteiger partial charge in [-0.25, -0.2) is 4.79 Å². The Bertz CT molecular complexity index is 233. The summed E-state index contributed by atoms with van der Waals surface area (Å²) in [7, 11) is 0. The molecule has 0 saturated heterocycles. The molecular weight excluding hydrogens is 188 g/mol. The Morgan fingerprint density at radius 2 is 1.71 bits per heavy atom. The van der Waals surface area contributed by atoms with E-state index in [0.717, 1.165) is 12.8 Å². The molecule has 0 bridgehead atoms. The number of Topliss-reactive ketones (excluding diaryl/α,β-unsaturated/α-hetero) is 1. The number of hydrogen-bond acceptors (Lipinski definition) is 3. The molecule has 5 nitrogen and oxygen atoms in total. The van der Waals surface area contributed by atoms with E-state index in [9.17, 15) is 14.4 Å². The second-order valence-electron chi connectivity index (χ2n) is 3.06. The minimum atomic E-state index is -1.67. The highest BCUT2D eigenvalue weighted by Gasteiger charge is 2.30. The normalized spacial score (nSPS) is 12.1. The van der Waals surface area contributed by atoms with Crippen LogP contribution in [0.25, 0.3) is 0 Å². The van der Waals surface area contributed by atoms with E-state index < -0.39 is 23.6 Å². The lowest BCUT2D eigenvalue weighted by Gasteiger charge is -2.07. The van der Waals surface area contributed by atoms with Crippen molar-refractivity contribution in [1.82, 2.24) is 0 Å². The van der Waals surface area contributed by atoms with Crippen molar-refractivity contribution in [3.8, 4) is 0 Å². The van der Waals surface area contributed by atoms with Crippen molar-refractivity contribution in [3.05, 3.63) is 0 Å². The van der Waals surface area contributed by atoms with Gasteiger partial charge in [-0.3, -0.25) is 9.59 Å². The quantitative estimate of drug-likeness (QED) is 0.364. The van der Waals surface area contributed by atoms with Crippen LogP contribution < -0.4 is 0 Å². The summed E-state index contributed by atoms with van der Waals surface area (Å²) >= 11 is 0. The molecule has 0 amide bonds. The fraction of sp³-hybridized carbons (Fsp3) is 0.667. The van der Waals surface area contributed by atoms with Crippen molar-refractivity contribution < 1.29 is 24.6 Å². The Morgan fingerprint density at radius 1 is 1.14 bits per heavy atom. The van der Waals surface area contributed by atoms with Crippen molar-refractivity contribution in [2.45, 2.75) is 32.6 Å². The number of unbranched alkanes of at least 4 members (excludes halogenated alkanes) is 2. The summed E-state index contributed by atoms with van der Waals surface area (Å²) in [6.45, 7) is 1.94. The average molecular weight is 202 g/mol. The van der Waals surface area contributed by atoms with Crippen LogP contribution in [0.4, 0.5) is 0 Å². The molecule has 0 aliphatic rings. The minimum Gasteiger partial charge on any atom is -0.481 e. The lowest BCUT2D eigenvalue weighted by Crippen LogP contribution is -2.29. The molecule has 0 unspecified atom stereocenters. The predicted molar refractivity (Wildman–Crippen MR) is 47.9 cm³/mol. The van der Waals surface area contributed by atoms with E-state index in [0.29, 0.717) is 6.42 Å². The third-order valence-corrected chi connectivity index (χ3v) is 1.92. The zero-order valence-electron chi connectivity index (χ0n) is 8.02. The van der Waals surface area contributed by atoms with E-state index >= 15 is 0 Å². The topological polar surface area (TPSA) is 91.7 Å². The summed E-state index contributed by atoms with van der Waals surface area (Å²) in [6, 6.07) is 0. The zero-order chi connectivity index (χ0) is 11.1. The van der Waals surface area contributed by atoms with Crippen molar-refractivity contribution in [2.75, 3.05) is 0 Å². The Morgan fingerprint density at radius 3 is 2.07 bits per heavy atom. The predicted octanol–water partition coefficient (Wildman–Crippen LogP) is 0.921. The van der Waals surface area contributed by atoms with Gasteiger partial charge in [-0.1, -0.05) is 26.2 Å². The first kappa shape index (κ1) is 12.6. The molecule has 0 radical (unpaired) electrons. The highest BCUT2D eigenvalue weighted by molar-refractivity contribution is 6.36. The fourth-order valence-corrected chi connectivity index (χ4v) is 1.11. The molecule has 0 aromatic heterocycles. The molecule has 0 spiro atoms. The summed E-state index contributed by atoms with van der Waals surface area (Å²) in [4.78, 5) is 31.7. The molecule has 80 valence electrons. The molecule has 5 heteroatoms. The van der Waals surface area contributed by atoms with E-state index in [1.165, 1.54) is 0 Å². The molecule has 0 aromatic carbocycles. The van der Waals surface area contributed by atoms with E-state index in [4.69, 9.17) is 10.2 Å². The van der Waals surface area contributed by atoms with E-state index in [1.807, 2.05) is 6.92 Å². The maximum Gasteiger partial charge on any atom is 0.373 e. The highest BCUT2D eigenvalue weighted by atomic mass is 16.4. The second kappa shape index (κ2) is 6.12. The maximum atomic E-state index is 10.9. The molecule has 0 aliphatic heterocycles. The van der Waals surface area contributed by atoms with Crippen LogP contribution in [0.1, 0.15) is 32.6 Å².